The molecule has 1 aliphatic rings. The minimum Gasteiger partial charge on any atom is -0.382 e. The van der Waals surface area contributed by atoms with Gasteiger partial charge in [-0.25, -0.2) is 0 Å². The van der Waals surface area contributed by atoms with E-state index in [0.29, 0.717) is 6.04 Å². The highest BCUT2D eigenvalue weighted by atomic mass is 79.9. The second kappa shape index (κ2) is 4.54. The van der Waals surface area contributed by atoms with Crippen LogP contribution in [0.5, 0.6) is 0 Å². The molecule has 0 spiro atoms. The molecule has 1 N–H and O–H groups in total. The average Bonchev–Trinajstić information content (AvgIpc) is 2.19. The molecule has 2 unspecified atom stereocenters. The van der Waals surface area contributed by atoms with Crippen molar-refractivity contribution in [2.45, 2.75) is 32.4 Å². The van der Waals surface area contributed by atoms with E-state index in [0.717, 1.165) is 17.5 Å². The zero-order valence-electron chi connectivity index (χ0n) is 9.09. The Morgan fingerprint density at radius 2 is 2.33 bits per heavy atom. The molecular formula is C12H16BrNO. The number of halogens is 1. The first-order valence-corrected chi connectivity index (χ1v) is 6.17. The molecule has 2 rings (SSSR count). The van der Waals surface area contributed by atoms with Crippen molar-refractivity contribution >= 4 is 21.6 Å². The number of anilines is 1. The van der Waals surface area contributed by atoms with Crippen molar-refractivity contribution in [2.24, 2.45) is 0 Å². The van der Waals surface area contributed by atoms with Crippen LogP contribution in [0.15, 0.2) is 22.7 Å². The van der Waals surface area contributed by atoms with E-state index >= 15 is 0 Å². The summed E-state index contributed by atoms with van der Waals surface area (Å²) in [6, 6.07) is 6.80. The van der Waals surface area contributed by atoms with Gasteiger partial charge in [0.05, 0.1) is 6.10 Å². The van der Waals surface area contributed by atoms with Gasteiger partial charge in [-0.05, 0) is 38.5 Å². The first kappa shape index (κ1) is 11.0. The van der Waals surface area contributed by atoms with Crippen molar-refractivity contribution in [3.05, 3.63) is 28.2 Å². The molecule has 82 valence electrons. The lowest BCUT2D eigenvalue weighted by molar-refractivity contribution is 0.0512. The Morgan fingerprint density at radius 3 is 3.07 bits per heavy atom. The summed E-state index contributed by atoms with van der Waals surface area (Å²) in [4.78, 5) is 0. The molecule has 1 aromatic rings. The molecule has 1 heterocycles. The van der Waals surface area contributed by atoms with Crippen LogP contribution in [0.4, 0.5) is 5.69 Å². The predicted octanol–water partition coefficient (Wildman–Crippen LogP) is 3.73. The molecule has 0 aliphatic carbocycles. The predicted molar refractivity (Wildman–Crippen MR) is 66.2 cm³/mol. The molecule has 1 aliphatic heterocycles. The Kier molecular flexibility index (Phi) is 3.32. The quantitative estimate of drug-likeness (QED) is 0.884. The van der Waals surface area contributed by atoms with Crippen LogP contribution in [0.2, 0.25) is 0 Å². The van der Waals surface area contributed by atoms with Crippen LogP contribution in [-0.4, -0.2) is 12.6 Å². The van der Waals surface area contributed by atoms with Crippen LogP contribution in [-0.2, 0) is 4.74 Å². The number of benzene rings is 1. The fraction of sp³-hybridized carbons (Fsp3) is 0.500. The molecule has 0 aromatic heterocycles. The number of hydrogen-bond donors (Lipinski definition) is 1. The minimum absolute atomic E-state index is 0.235. The molecule has 2 atom stereocenters. The monoisotopic (exact) mass is 269 g/mol. The zero-order valence-corrected chi connectivity index (χ0v) is 10.7. The van der Waals surface area contributed by atoms with Gasteiger partial charge in [-0.15, -0.1) is 0 Å². The fourth-order valence-electron chi connectivity index (χ4n) is 2.06. The Balaban J connectivity index is 2.34. The van der Waals surface area contributed by atoms with Gasteiger partial charge >= 0.3 is 0 Å². The lowest BCUT2D eigenvalue weighted by atomic mass is 9.96. The van der Waals surface area contributed by atoms with Gasteiger partial charge in [-0.1, -0.05) is 15.9 Å². The molecule has 15 heavy (non-hydrogen) atoms. The standard InChI is InChI=1S/C12H16BrNO/c1-3-15-12-6-8(2)14-11-5-4-9(13)7-10(11)12/h4-5,7-8,12,14H,3,6H2,1-2H3. The summed E-state index contributed by atoms with van der Waals surface area (Å²) in [5, 5.41) is 3.47. The van der Waals surface area contributed by atoms with Gasteiger partial charge in [0.1, 0.15) is 0 Å². The van der Waals surface area contributed by atoms with Crippen LogP contribution in [0.3, 0.4) is 0 Å². The lowest BCUT2D eigenvalue weighted by Crippen LogP contribution is -2.26. The summed E-state index contributed by atoms with van der Waals surface area (Å²) in [6.07, 6.45) is 1.27. The van der Waals surface area contributed by atoms with Gasteiger partial charge in [0, 0.05) is 28.4 Å². The van der Waals surface area contributed by atoms with Crippen molar-refractivity contribution in [1.82, 2.24) is 0 Å². The van der Waals surface area contributed by atoms with Gasteiger partial charge in [0.15, 0.2) is 0 Å². The normalized spacial score (nSPS) is 24.5. The molecule has 0 bridgehead atoms. The second-order valence-electron chi connectivity index (χ2n) is 3.96. The molecule has 0 saturated heterocycles. The number of nitrogens with one attached hydrogen (secondary N) is 1. The van der Waals surface area contributed by atoms with E-state index in [9.17, 15) is 0 Å². The summed E-state index contributed by atoms with van der Waals surface area (Å²) in [5.41, 5.74) is 2.47. The van der Waals surface area contributed by atoms with Crippen LogP contribution in [0, 0.1) is 0 Å². The summed E-state index contributed by atoms with van der Waals surface area (Å²) < 4.78 is 6.89. The van der Waals surface area contributed by atoms with Crippen molar-refractivity contribution in [3.63, 3.8) is 0 Å². The van der Waals surface area contributed by atoms with Crippen molar-refractivity contribution in [2.75, 3.05) is 11.9 Å². The Hall–Kier alpha value is -0.540. The highest BCUT2D eigenvalue weighted by molar-refractivity contribution is 9.10. The van der Waals surface area contributed by atoms with Crippen molar-refractivity contribution in [1.29, 1.82) is 0 Å². The van der Waals surface area contributed by atoms with E-state index in [1.807, 2.05) is 6.92 Å². The van der Waals surface area contributed by atoms with Crippen LogP contribution >= 0.6 is 15.9 Å². The Labute approximate surface area is 99.1 Å². The molecule has 2 nitrogen and oxygen atoms in total. The zero-order chi connectivity index (χ0) is 10.8. The van der Waals surface area contributed by atoms with Gasteiger partial charge in [-0.3, -0.25) is 0 Å². The smallest absolute Gasteiger partial charge is 0.0864 e. The lowest BCUT2D eigenvalue weighted by Gasteiger charge is -2.31. The van der Waals surface area contributed by atoms with E-state index in [1.54, 1.807) is 0 Å². The first-order valence-electron chi connectivity index (χ1n) is 5.38. The number of ether oxygens (including phenoxy) is 1. The number of fused-ring (bicyclic) bond motifs is 1. The van der Waals surface area contributed by atoms with E-state index < -0.39 is 0 Å². The first-order chi connectivity index (χ1) is 7.20. The van der Waals surface area contributed by atoms with Crippen molar-refractivity contribution < 1.29 is 4.74 Å². The largest absolute Gasteiger partial charge is 0.382 e. The third-order valence-corrected chi connectivity index (χ3v) is 3.19. The maximum Gasteiger partial charge on any atom is 0.0864 e. The average molecular weight is 270 g/mol. The molecule has 0 amide bonds. The summed E-state index contributed by atoms with van der Waals surface area (Å²) >= 11 is 3.50. The van der Waals surface area contributed by atoms with E-state index in [1.165, 1.54) is 11.3 Å². The topological polar surface area (TPSA) is 21.3 Å². The summed E-state index contributed by atoms with van der Waals surface area (Å²) in [7, 11) is 0. The maximum atomic E-state index is 5.77. The van der Waals surface area contributed by atoms with Gasteiger partial charge in [0.25, 0.3) is 0 Å². The third-order valence-electron chi connectivity index (χ3n) is 2.70. The van der Waals surface area contributed by atoms with Gasteiger partial charge in [-0.2, -0.15) is 0 Å². The maximum absolute atomic E-state index is 5.77. The summed E-state index contributed by atoms with van der Waals surface area (Å²) in [5.74, 6) is 0. The molecule has 0 radical (unpaired) electrons. The number of rotatable bonds is 2. The van der Waals surface area contributed by atoms with Crippen molar-refractivity contribution in [3.8, 4) is 0 Å². The SMILES string of the molecule is CCOC1CC(C)Nc2ccc(Br)cc21. The molecule has 1 aromatic carbocycles. The van der Waals surface area contributed by atoms with Crippen LogP contribution in [0.1, 0.15) is 31.9 Å². The molecule has 0 fully saturated rings. The minimum atomic E-state index is 0.235. The second-order valence-corrected chi connectivity index (χ2v) is 4.87. The molecular weight excluding hydrogens is 254 g/mol. The Morgan fingerprint density at radius 1 is 1.53 bits per heavy atom. The van der Waals surface area contributed by atoms with E-state index in [2.05, 4.69) is 46.4 Å². The van der Waals surface area contributed by atoms with Gasteiger partial charge in [0.2, 0.25) is 0 Å². The highest BCUT2D eigenvalue weighted by Gasteiger charge is 2.24. The van der Waals surface area contributed by atoms with E-state index in [-0.39, 0.29) is 6.10 Å². The van der Waals surface area contributed by atoms with Gasteiger partial charge < -0.3 is 10.1 Å². The molecule has 3 heteroatoms. The number of hydrogen-bond acceptors (Lipinski definition) is 2. The fourth-order valence-corrected chi connectivity index (χ4v) is 2.44. The Bertz CT molecular complexity index is 353. The van der Waals surface area contributed by atoms with Crippen LogP contribution < -0.4 is 5.32 Å². The highest BCUT2D eigenvalue weighted by Crippen LogP contribution is 2.36. The van der Waals surface area contributed by atoms with E-state index in [4.69, 9.17) is 4.74 Å². The molecule has 0 saturated carbocycles. The summed E-state index contributed by atoms with van der Waals surface area (Å²) in [6.45, 7) is 5.00. The van der Waals surface area contributed by atoms with Crippen LogP contribution in [0.25, 0.3) is 0 Å². The third kappa shape index (κ3) is 2.34.